The van der Waals surface area contributed by atoms with Crippen molar-refractivity contribution in [2.75, 3.05) is 7.05 Å². The first kappa shape index (κ1) is 12.1. The van der Waals surface area contributed by atoms with Gasteiger partial charge in [0.1, 0.15) is 0 Å². The molecule has 0 aliphatic carbocycles. The maximum absolute atomic E-state index is 4.91. The summed E-state index contributed by atoms with van der Waals surface area (Å²) in [7, 11) is 1.75. The van der Waals surface area contributed by atoms with Gasteiger partial charge in [-0.2, -0.15) is 5.10 Å². The van der Waals surface area contributed by atoms with E-state index < -0.39 is 0 Å². The summed E-state index contributed by atoms with van der Waals surface area (Å²) >= 11 is 8.29. The average Bonchev–Trinajstić information content (AvgIpc) is 2.26. The van der Waals surface area contributed by atoms with Crippen LogP contribution in [-0.4, -0.2) is 17.9 Å². The van der Waals surface area contributed by atoms with E-state index in [0.717, 1.165) is 15.7 Å². The standard InChI is InChI=1S/C10H12BrN3S/c1-7(13-14-10(15)12-2)8-3-5-9(11)6-4-8/h3-6H,1-2H3,(H2,12,14,15)/b13-7+. The molecule has 5 heteroatoms. The van der Waals surface area contributed by atoms with E-state index in [1.807, 2.05) is 31.2 Å². The molecule has 0 atom stereocenters. The minimum atomic E-state index is 0.506. The van der Waals surface area contributed by atoms with Gasteiger partial charge in [0.05, 0.1) is 5.71 Å². The molecule has 0 amide bonds. The summed E-state index contributed by atoms with van der Waals surface area (Å²) in [6, 6.07) is 7.94. The van der Waals surface area contributed by atoms with E-state index in [4.69, 9.17) is 12.2 Å². The fourth-order valence-corrected chi connectivity index (χ4v) is 1.26. The minimum absolute atomic E-state index is 0.506. The van der Waals surface area contributed by atoms with Crippen LogP contribution in [0.5, 0.6) is 0 Å². The number of nitrogens with one attached hydrogen (secondary N) is 2. The maximum Gasteiger partial charge on any atom is 0.186 e. The molecule has 2 N–H and O–H groups in total. The Labute approximate surface area is 103 Å². The van der Waals surface area contributed by atoms with E-state index in [9.17, 15) is 0 Å². The van der Waals surface area contributed by atoms with E-state index in [1.165, 1.54) is 0 Å². The molecule has 0 saturated carbocycles. The first-order valence-electron chi connectivity index (χ1n) is 4.41. The van der Waals surface area contributed by atoms with E-state index >= 15 is 0 Å². The highest BCUT2D eigenvalue weighted by atomic mass is 79.9. The Hall–Kier alpha value is -0.940. The van der Waals surface area contributed by atoms with Crippen LogP contribution < -0.4 is 10.7 Å². The minimum Gasteiger partial charge on any atom is -0.364 e. The largest absolute Gasteiger partial charge is 0.364 e. The molecular formula is C10H12BrN3S. The number of hydrazone groups is 1. The molecule has 0 aliphatic rings. The lowest BCUT2D eigenvalue weighted by atomic mass is 10.1. The first-order chi connectivity index (χ1) is 7.13. The zero-order chi connectivity index (χ0) is 11.3. The predicted molar refractivity (Wildman–Crippen MR) is 71.1 cm³/mol. The van der Waals surface area contributed by atoms with Gasteiger partial charge in [-0.15, -0.1) is 0 Å². The zero-order valence-electron chi connectivity index (χ0n) is 8.54. The molecule has 3 nitrogen and oxygen atoms in total. The van der Waals surface area contributed by atoms with Crippen molar-refractivity contribution in [3.8, 4) is 0 Å². The van der Waals surface area contributed by atoms with Crippen molar-refractivity contribution in [2.24, 2.45) is 5.10 Å². The Morgan fingerprint density at radius 2 is 1.93 bits per heavy atom. The lowest BCUT2D eigenvalue weighted by molar-refractivity contribution is 0.974. The summed E-state index contributed by atoms with van der Waals surface area (Å²) in [5, 5.41) is 7.44. The highest BCUT2D eigenvalue weighted by molar-refractivity contribution is 9.10. The monoisotopic (exact) mass is 285 g/mol. The summed E-state index contributed by atoms with van der Waals surface area (Å²) in [5.41, 5.74) is 4.69. The van der Waals surface area contributed by atoms with Crippen LogP contribution in [0, 0.1) is 0 Å². The van der Waals surface area contributed by atoms with E-state index in [0.29, 0.717) is 5.11 Å². The number of benzene rings is 1. The molecule has 1 aromatic carbocycles. The van der Waals surface area contributed by atoms with Gasteiger partial charge in [-0.05, 0) is 36.8 Å². The molecule has 15 heavy (non-hydrogen) atoms. The van der Waals surface area contributed by atoms with Crippen LogP contribution in [-0.2, 0) is 0 Å². The summed E-state index contributed by atoms with van der Waals surface area (Å²) in [5.74, 6) is 0. The Bertz CT molecular complexity index is 373. The second kappa shape index (κ2) is 5.82. The van der Waals surface area contributed by atoms with Crippen molar-refractivity contribution >= 4 is 39.0 Å². The van der Waals surface area contributed by atoms with E-state index in [1.54, 1.807) is 7.05 Å². The van der Waals surface area contributed by atoms with Gasteiger partial charge in [0.15, 0.2) is 5.11 Å². The van der Waals surface area contributed by atoms with Gasteiger partial charge >= 0.3 is 0 Å². The summed E-state index contributed by atoms with van der Waals surface area (Å²) in [6.45, 7) is 1.93. The van der Waals surface area contributed by atoms with Gasteiger partial charge in [0, 0.05) is 11.5 Å². The lowest BCUT2D eigenvalue weighted by Crippen LogP contribution is -2.29. The Kier molecular flexibility index (Phi) is 4.71. The SMILES string of the molecule is CNC(=S)N/N=C(\C)c1ccc(Br)cc1. The number of halogens is 1. The molecule has 1 rings (SSSR count). The number of hydrogen-bond acceptors (Lipinski definition) is 2. The molecule has 0 spiro atoms. The highest BCUT2D eigenvalue weighted by Crippen LogP contribution is 2.10. The summed E-state index contributed by atoms with van der Waals surface area (Å²) in [6.07, 6.45) is 0. The smallest absolute Gasteiger partial charge is 0.186 e. The molecule has 0 heterocycles. The zero-order valence-corrected chi connectivity index (χ0v) is 10.9. The van der Waals surface area contributed by atoms with Crippen molar-refractivity contribution in [2.45, 2.75) is 6.92 Å². The second-order valence-electron chi connectivity index (χ2n) is 2.90. The fraction of sp³-hybridized carbons (Fsp3) is 0.200. The van der Waals surface area contributed by atoms with Crippen molar-refractivity contribution in [1.82, 2.24) is 10.7 Å². The molecule has 0 fully saturated rings. The van der Waals surface area contributed by atoms with Crippen molar-refractivity contribution in [1.29, 1.82) is 0 Å². The van der Waals surface area contributed by atoms with Gasteiger partial charge in [-0.3, -0.25) is 5.43 Å². The first-order valence-corrected chi connectivity index (χ1v) is 5.61. The third-order valence-electron chi connectivity index (χ3n) is 1.81. The van der Waals surface area contributed by atoms with Gasteiger partial charge < -0.3 is 5.32 Å². The third kappa shape index (κ3) is 3.97. The summed E-state index contributed by atoms with van der Waals surface area (Å²) in [4.78, 5) is 0. The molecular weight excluding hydrogens is 274 g/mol. The highest BCUT2D eigenvalue weighted by Gasteiger charge is 1.97. The van der Waals surface area contributed by atoms with Crippen molar-refractivity contribution in [3.05, 3.63) is 34.3 Å². The van der Waals surface area contributed by atoms with Crippen LogP contribution in [0.1, 0.15) is 12.5 Å². The van der Waals surface area contributed by atoms with Gasteiger partial charge in [-0.25, -0.2) is 0 Å². The fourth-order valence-electron chi connectivity index (χ4n) is 0.946. The van der Waals surface area contributed by atoms with E-state index in [2.05, 4.69) is 31.8 Å². The van der Waals surface area contributed by atoms with Gasteiger partial charge in [-0.1, -0.05) is 28.1 Å². The number of thiocarbonyl (C=S) groups is 1. The summed E-state index contributed by atoms with van der Waals surface area (Å²) < 4.78 is 1.05. The topological polar surface area (TPSA) is 36.4 Å². The normalized spacial score (nSPS) is 11.0. The van der Waals surface area contributed by atoms with Crippen LogP contribution in [0.4, 0.5) is 0 Å². The maximum atomic E-state index is 4.91. The van der Waals surface area contributed by atoms with Crippen LogP contribution in [0.3, 0.4) is 0 Å². The van der Waals surface area contributed by atoms with E-state index in [-0.39, 0.29) is 0 Å². The molecule has 0 aliphatic heterocycles. The Morgan fingerprint density at radius 3 is 2.47 bits per heavy atom. The lowest BCUT2D eigenvalue weighted by Gasteiger charge is -2.03. The molecule has 80 valence electrons. The average molecular weight is 286 g/mol. The molecule has 0 aromatic heterocycles. The van der Waals surface area contributed by atoms with Gasteiger partial charge in [0.2, 0.25) is 0 Å². The molecule has 0 bridgehead atoms. The van der Waals surface area contributed by atoms with Gasteiger partial charge in [0.25, 0.3) is 0 Å². The van der Waals surface area contributed by atoms with Crippen LogP contribution in [0.25, 0.3) is 0 Å². The van der Waals surface area contributed by atoms with Crippen LogP contribution in [0.2, 0.25) is 0 Å². The number of hydrogen-bond donors (Lipinski definition) is 2. The van der Waals surface area contributed by atoms with Crippen LogP contribution >= 0.6 is 28.1 Å². The van der Waals surface area contributed by atoms with Crippen molar-refractivity contribution in [3.63, 3.8) is 0 Å². The van der Waals surface area contributed by atoms with Crippen LogP contribution in [0.15, 0.2) is 33.8 Å². The third-order valence-corrected chi connectivity index (χ3v) is 2.64. The number of nitrogens with zero attached hydrogens (tertiary/aromatic N) is 1. The number of rotatable bonds is 2. The second-order valence-corrected chi connectivity index (χ2v) is 4.22. The Morgan fingerprint density at radius 1 is 1.33 bits per heavy atom. The van der Waals surface area contributed by atoms with Crippen molar-refractivity contribution < 1.29 is 0 Å². The molecule has 0 saturated heterocycles. The Balaban J connectivity index is 2.71. The predicted octanol–water partition coefficient (Wildman–Crippen LogP) is 2.27. The quantitative estimate of drug-likeness (QED) is 0.497. The molecule has 1 aromatic rings. The molecule has 0 unspecified atom stereocenters. The molecule has 0 radical (unpaired) electrons.